The average molecular weight is 486 g/mol. The van der Waals surface area contributed by atoms with Crippen molar-refractivity contribution in [3.05, 3.63) is 89.8 Å². The Morgan fingerprint density at radius 1 is 0.971 bits per heavy atom. The van der Waals surface area contributed by atoms with Crippen molar-refractivity contribution in [3.63, 3.8) is 0 Å². The van der Waals surface area contributed by atoms with Crippen LogP contribution in [0.15, 0.2) is 60.9 Å². The maximum atomic E-state index is 14.7. The van der Waals surface area contributed by atoms with E-state index in [4.69, 9.17) is 0 Å². The van der Waals surface area contributed by atoms with Crippen LogP contribution >= 0.6 is 0 Å². The van der Waals surface area contributed by atoms with Crippen LogP contribution in [-0.2, 0) is 15.6 Å². The fourth-order valence-electron chi connectivity index (χ4n) is 3.39. The zero-order valence-electron chi connectivity index (χ0n) is 18.3. The molecule has 0 aliphatic rings. The molecule has 0 saturated heterocycles. The number of para-hydroxylation sites is 1. The highest BCUT2D eigenvalue weighted by Gasteiger charge is 2.34. The lowest BCUT2D eigenvalue weighted by Crippen LogP contribution is -2.29. The molecule has 4 rings (SSSR count). The van der Waals surface area contributed by atoms with Crippen LogP contribution in [0.1, 0.15) is 30.2 Å². The fourth-order valence-corrected chi connectivity index (χ4v) is 4.72. The van der Waals surface area contributed by atoms with E-state index >= 15 is 0 Å². The first kappa shape index (κ1) is 23.6. The summed E-state index contributed by atoms with van der Waals surface area (Å²) in [5.74, 6) is -2.72. The molecule has 2 aromatic heterocycles. The third-order valence-corrected chi connectivity index (χ3v) is 7.38. The smallest absolute Gasteiger partial charge is 0.168 e. The summed E-state index contributed by atoms with van der Waals surface area (Å²) in [5, 5.41) is 17.2. The third kappa shape index (κ3) is 4.57. The number of hydrogen-bond acceptors (Lipinski definition) is 7. The van der Waals surface area contributed by atoms with Gasteiger partial charge in [-0.3, -0.25) is 4.57 Å². The van der Waals surface area contributed by atoms with E-state index in [1.807, 2.05) is 0 Å². The van der Waals surface area contributed by atoms with Gasteiger partial charge in [-0.15, -0.1) is 10.2 Å². The van der Waals surface area contributed by atoms with Crippen molar-refractivity contribution in [1.82, 2.24) is 24.7 Å². The van der Waals surface area contributed by atoms with Crippen molar-refractivity contribution < 1.29 is 22.3 Å². The van der Waals surface area contributed by atoms with E-state index in [0.717, 1.165) is 22.3 Å². The summed E-state index contributed by atoms with van der Waals surface area (Å²) >= 11 is 0. The SMILES string of the molecule is Cc1cnc([C@@H](O)[C@H](C)S(=O)(=O)Cc2nnc(-c3ccccc3)n2-c2c(F)cccc2F)nc1. The summed E-state index contributed by atoms with van der Waals surface area (Å²) in [6.45, 7) is 3.07. The first-order valence-electron chi connectivity index (χ1n) is 10.3. The molecule has 0 radical (unpaired) electrons. The highest BCUT2D eigenvalue weighted by molar-refractivity contribution is 7.91. The van der Waals surface area contributed by atoms with Gasteiger partial charge >= 0.3 is 0 Å². The molecule has 34 heavy (non-hydrogen) atoms. The maximum absolute atomic E-state index is 14.7. The topological polar surface area (TPSA) is 111 Å². The first-order chi connectivity index (χ1) is 16.2. The molecule has 2 heterocycles. The molecule has 0 unspecified atom stereocenters. The number of nitrogens with zero attached hydrogens (tertiary/aromatic N) is 5. The predicted molar refractivity (Wildman–Crippen MR) is 121 cm³/mol. The fraction of sp³-hybridized carbons (Fsp3) is 0.217. The third-order valence-electron chi connectivity index (χ3n) is 5.33. The summed E-state index contributed by atoms with van der Waals surface area (Å²) in [5.41, 5.74) is 0.744. The molecule has 4 aromatic rings. The Morgan fingerprint density at radius 2 is 1.59 bits per heavy atom. The number of aryl methyl sites for hydroxylation is 1. The minimum Gasteiger partial charge on any atom is -0.384 e. The molecule has 176 valence electrons. The number of aliphatic hydroxyl groups is 1. The number of sulfone groups is 1. The van der Waals surface area contributed by atoms with Crippen molar-refractivity contribution in [1.29, 1.82) is 0 Å². The van der Waals surface area contributed by atoms with Crippen molar-refractivity contribution in [3.8, 4) is 17.1 Å². The first-order valence-corrected chi connectivity index (χ1v) is 12.0. The van der Waals surface area contributed by atoms with Gasteiger partial charge in [-0.2, -0.15) is 0 Å². The molecule has 0 aliphatic carbocycles. The van der Waals surface area contributed by atoms with E-state index in [0.29, 0.717) is 5.56 Å². The number of halogens is 2. The second-order valence-electron chi connectivity index (χ2n) is 7.79. The zero-order chi connectivity index (χ0) is 24.5. The second kappa shape index (κ2) is 9.35. The van der Waals surface area contributed by atoms with E-state index in [1.54, 1.807) is 37.3 Å². The van der Waals surface area contributed by atoms with Gasteiger partial charge in [-0.1, -0.05) is 36.4 Å². The number of hydrogen-bond donors (Lipinski definition) is 1. The molecule has 0 fully saturated rings. The molecule has 0 spiro atoms. The predicted octanol–water partition coefficient (Wildman–Crippen LogP) is 3.35. The van der Waals surface area contributed by atoms with Gasteiger partial charge in [0.15, 0.2) is 27.3 Å². The van der Waals surface area contributed by atoms with E-state index in [2.05, 4.69) is 20.2 Å². The Bertz CT molecular complexity index is 1390. The maximum Gasteiger partial charge on any atom is 0.168 e. The monoisotopic (exact) mass is 485 g/mol. The molecule has 11 heteroatoms. The summed E-state index contributed by atoms with van der Waals surface area (Å²) in [6.07, 6.45) is 1.42. The molecular formula is C23H21F2N5O3S. The number of aromatic nitrogens is 5. The molecule has 0 bridgehead atoms. The van der Waals surface area contributed by atoms with Crippen LogP contribution in [0.25, 0.3) is 17.1 Å². The number of benzene rings is 2. The van der Waals surface area contributed by atoms with Gasteiger partial charge in [0.05, 0.1) is 5.25 Å². The highest BCUT2D eigenvalue weighted by Crippen LogP contribution is 2.29. The van der Waals surface area contributed by atoms with Crippen molar-refractivity contribution in [2.75, 3.05) is 0 Å². The van der Waals surface area contributed by atoms with E-state index < -0.39 is 44.3 Å². The molecule has 8 nitrogen and oxygen atoms in total. The molecule has 1 N–H and O–H groups in total. The summed E-state index contributed by atoms with van der Waals surface area (Å²) in [4.78, 5) is 7.99. The Labute approximate surface area is 194 Å². The lowest BCUT2D eigenvalue weighted by atomic mass is 10.2. The molecular weight excluding hydrogens is 464 g/mol. The second-order valence-corrected chi connectivity index (χ2v) is 10.1. The van der Waals surface area contributed by atoms with Crippen LogP contribution < -0.4 is 0 Å². The minimum absolute atomic E-state index is 0.0479. The van der Waals surface area contributed by atoms with Gasteiger partial charge in [0.2, 0.25) is 0 Å². The van der Waals surface area contributed by atoms with E-state index in [-0.39, 0.29) is 17.5 Å². The van der Waals surface area contributed by atoms with Crippen LogP contribution in [-0.4, -0.2) is 43.5 Å². The summed E-state index contributed by atoms with van der Waals surface area (Å²) in [7, 11) is -4.09. The van der Waals surface area contributed by atoms with Crippen molar-refractivity contribution in [2.45, 2.75) is 31.0 Å². The van der Waals surface area contributed by atoms with Crippen LogP contribution in [0.3, 0.4) is 0 Å². The normalized spacial score (nSPS) is 13.6. The molecule has 2 atom stereocenters. The van der Waals surface area contributed by atoms with Gasteiger partial charge < -0.3 is 5.11 Å². The number of rotatable bonds is 7. The van der Waals surface area contributed by atoms with E-state index in [1.165, 1.54) is 25.4 Å². The largest absolute Gasteiger partial charge is 0.384 e. The standard InChI is InChI=1S/C23H21F2N5O3S/c1-14-11-26-22(27-12-14)21(31)15(2)34(32,33)13-19-28-29-23(16-7-4-3-5-8-16)30(19)20-17(24)9-6-10-18(20)25/h3-12,15,21,31H,13H2,1-2H3/t15-,21-/m0/s1. The summed E-state index contributed by atoms with van der Waals surface area (Å²) < 4.78 is 56.9. The molecule has 2 aromatic carbocycles. The molecule has 0 amide bonds. The molecule has 0 saturated carbocycles. The Kier molecular flexibility index (Phi) is 6.49. The Hall–Kier alpha value is -3.57. The van der Waals surface area contributed by atoms with E-state index in [9.17, 15) is 22.3 Å². The lowest BCUT2D eigenvalue weighted by molar-refractivity contribution is 0.166. The minimum atomic E-state index is -4.09. The summed E-state index contributed by atoms with van der Waals surface area (Å²) in [6, 6.07) is 11.8. The van der Waals surface area contributed by atoms with Crippen LogP contribution in [0.2, 0.25) is 0 Å². The van der Waals surface area contributed by atoms with Crippen LogP contribution in [0, 0.1) is 18.6 Å². The van der Waals surface area contributed by atoms with Gasteiger partial charge in [0.25, 0.3) is 0 Å². The Balaban J connectivity index is 1.77. The Morgan fingerprint density at radius 3 is 2.21 bits per heavy atom. The van der Waals surface area contributed by atoms with Crippen molar-refractivity contribution >= 4 is 9.84 Å². The highest BCUT2D eigenvalue weighted by atomic mass is 32.2. The van der Waals surface area contributed by atoms with Gasteiger partial charge in [0, 0.05) is 18.0 Å². The number of aliphatic hydroxyl groups excluding tert-OH is 1. The zero-order valence-corrected chi connectivity index (χ0v) is 19.1. The quantitative estimate of drug-likeness (QED) is 0.427. The van der Waals surface area contributed by atoms with Crippen molar-refractivity contribution in [2.24, 2.45) is 0 Å². The van der Waals surface area contributed by atoms with Crippen LogP contribution in [0.5, 0.6) is 0 Å². The average Bonchev–Trinajstić information content (AvgIpc) is 3.21. The lowest BCUT2D eigenvalue weighted by Gasteiger charge is -2.19. The van der Waals surface area contributed by atoms with Gasteiger partial charge in [0.1, 0.15) is 29.2 Å². The van der Waals surface area contributed by atoms with Crippen LogP contribution in [0.4, 0.5) is 8.78 Å². The molecule has 0 aliphatic heterocycles. The van der Waals surface area contributed by atoms with Gasteiger partial charge in [-0.25, -0.2) is 27.2 Å². The van der Waals surface area contributed by atoms with Gasteiger partial charge in [-0.05, 0) is 31.5 Å².